The number of hydrogen-bond donors (Lipinski definition) is 0. The molecule has 15 heavy (non-hydrogen) atoms. The van der Waals surface area contributed by atoms with Crippen LogP contribution in [0.1, 0.15) is 12.1 Å². The molecule has 0 atom stereocenters. The van der Waals surface area contributed by atoms with E-state index in [9.17, 15) is 0 Å². The molecule has 0 spiro atoms. The Bertz CT molecular complexity index is 313. The van der Waals surface area contributed by atoms with Crippen molar-refractivity contribution in [2.75, 3.05) is 29.5 Å². The standard InChI is InChI=1S/C10H14ClN3S/c11-6-9-7-12-8-10(13-9)14-2-1-4-15-5-3-14/h7-8H,1-6H2. The van der Waals surface area contributed by atoms with Gasteiger partial charge < -0.3 is 4.90 Å². The molecule has 0 unspecified atom stereocenters. The first-order valence-electron chi connectivity index (χ1n) is 5.10. The molecule has 1 fully saturated rings. The Morgan fingerprint density at radius 3 is 3.13 bits per heavy atom. The van der Waals surface area contributed by atoms with Crippen LogP contribution in [0.4, 0.5) is 5.82 Å². The average Bonchev–Trinajstić information content (AvgIpc) is 2.58. The topological polar surface area (TPSA) is 29.0 Å². The second-order valence-electron chi connectivity index (χ2n) is 3.46. The Hall–Kier alpha value is -0.480. The number of rotatable bonds is 2. The zero-order chi connectivity index (χ0) is 10.5. The number of nitrogens with zero attached hydrogens (tertiary/aromatic N) is 3. The Balaban J connectivity index is 2.12. The molecule has 1 saturated heterocycles. The maximum Gasteiger partial charge on any atom is 0.147 e. The first-order chi connectivity index (χ1) is 7.40. The van der Waals surface area contributed by atoms with E-state index in [1.807, 2.05) is 18.0 Å². The summed E-state index contributed by atoms with van der Waals surface area (Å²) in [6, 6.07) is 0. The molecular weight excluding hydrogens is 230 g/mol. The minimum atomic E-state index is 0.434. The van der Waals surface area contributed by atoms with Gasteiger partial charge in [-0.25, -0.2) is 4.98 Å². The maximum absolute atomic E-state index is 5.74. The normalized spacial score (nSPS) is 17.5. The van der Waals surface area contributed by atoms with Crippen molar-refractivity contribution in [3.8, 4) is 0 Å². The van der Waals surface area contributed by atoms with Crippen LogP contribution in [0, 0.1) is 0 Å². The largest absolute Gasteiger partial charge is 0.354 e. The monoisotopic (exact) mass is 243 g/mol. The third kappa shape index (κ3) is 2.98. The van der Waals surface area contributed by atoms with Crippen LogP contribution in [-0.2, 0) is 5.88 Å². The van der Waals surface area contributed by atoms with E-state index in [1.165, 1.54) is 17.9 Å². The fraction of sp³-hybridized carbons (Fsp3) is 0.600. The molecule has 0 radical (unpaired) electrons. The van der Waals surface area contributed by atoms with Gasteiger partial charge in [0.05, 0.1) is 17.8 Å². The van der Waals surface area contributed by atoms with E-state index in [2.05, 4.69) is 14.9 Å². The van der Waals surface area contributed by atoms with Crippen LogP contribution in [0.5, 0.6) is 0 Å². The maximum atomic E-state index is 5.74. The predicted molar refractivity (Wildman–Crippen MR) is 65.7 cm³/mol. The van der Waals surface area contributed by atoms with Gasteiger partial charge >= 0.3 is 0 Å². The highest BCUT2D eigenvalue weighted by Crippen LogP contribution is 2.16. The molecular formula is C10H14ClN3S. The fourth-order valence-electron chi connectivity index (χ4n) is 1.59. The second-order valence-corrected chi connectivity index (χ2v) is 4.95. The van der Waals surface area contributed by atoms with Gasteiger partial charge in [0, 0.05) is 25.0 Å². The third-order valence-corrected chi connectivity index (χ3v) is 3.68. The van der Waals surface area contributed by atoms with Crippen molar-refractivity contribution in [2.45, 2.75) is 12.3 Å². The lowest BCUT2D eigenvalue weighted by molar-refractivity contribution is 0.793. The molecule has 0 N–H and O–H groups in total. The third-order valence-electron chi connectivity index (χ3n) is 2.35. The van der Waals surface area contributed by atoms with Crippen LogP contribution in [0.2, 0.25) is 0 Å². The van der Waals surface area contributed by atoms with Gasteiger partial charge in [-0.2, -0.15) is 11.8 Å². The Morgan fingerprint density at radius 2 is 2.27 bits per heavy atom. The number of anilines is 1. The molecule has 5 heteroatoms. The van der Waals surface area contributed by atoms with Crippen molar-refractivity contribution in [1.82, 2.24) is 9.97 Å². The minimum absolute atomic E-state index is 0.434. The van der Waals surface area contributed by atoms with Crippen molar-refractivity contribution in [3.05, 3.63) is 18.1 Å². The lowest BCUT2D eigenvalue weighted by Gasteiger charge is -2.20. The summed E-state index contributed by atoms with van der Waals surface area (Å²) in [5.41, 5.74) is 0.853. The number of thioether (sulfide) groups is 1. The van der Waals surface area contributed by atoms with Gasteiger partial charge in [0.15, 0.2) is 0 Å². The highest BCUT2D eigenvalue weighted by Gasteiger charge is 2.11. The Kier molecular flexibility index (Phi) is 4.09. The van der Waals surface area contributed by atoms with Gasteiger partial charge in [-0.15, -0.1) is 11.6 Å². The first-order valence-corrected chi connectivity index (χ1v) is 6.78. The van der Waals surface area contributed by atoms with Crippen molar-refractivity contribution < 1.29 is 0 Å². The van der Waals surface area contributed by atoms with Crippen LogP contribution < -0.4 is 4.90 Å². The summed E-state index contributed by atoms with van der Waals surface area (Å²) >= 11 is 7.75. The van der Waals surface area contributed by atoms with Gasteiger partial charge in [-0.05, 0) is 12.2 Å². The molecule has 1 aromatic rings. The van der Waals surface area contributed by atoms with Gasteiger partial charge in [0.1, 0.15) is 5.82 Å². The molecule has 1 aliphatic heterocycles. The molecule has 1 aromatic heterocycles. The number of aromatic nitrogens is 2. The molecule has 0 aromatic carbocycles. The molecule has 2 rings (SSSR count). The van der Waals surface area contributed by atoms with Crippen molar-refractivity contribution in [3.63, 3.8) is 0 Å². The average molecular weight is 244 g/mol. The summed E-state index contributed by atoms with van der Waals surface area (Å²) < 4.78 is 0. The van der Waals surface area contributed by atoms with E-state index in [4.69, 9.17) is 11.6 Å². The molecule has 0 bridgehead atoms. The summed E-state index contributed by atoms with van der Waals surface area (Å²) in [5, 5.41) is 0. The van der Waals surface area contributed by atoms with Gasteiger partial charge in [-0.1, -0.05) is 0 Å². The van der Waals surface area contributed by atoms with Crippen molar-refractivity contribution in [1.29, 1.82) is 0 Å². The Labute approximate surface area is 99.2 Å². The number of alkyl halides is 1. The molecule has 0 saturated carbocycles. The van der Waals surface area contributed by atoms with E-state index >= 15 is 0 Å². The summed E-state index contributed by atoms with van der Waals surface area (Å²) in [6.07, 6.45) is 4.77. The first kappa shape index (κ1) is 11.0. The van der Waals surface area contributed by atoms with Gasteiger partial charge in [0.2, 0.25) is 0 Å². The van der Waals surface area contributed by atoms with Gasteiger partial charge in [-0.3, -0.25) is 4.98 Å². The number of halogens is 1. The van der Waals surface area contributed by atoms with E-state index < -0.39 is 0 Å². The SMILES string of the molecule is ClCc1cncc(N2CCCSCC2)n1. The van der Waals surface area contributed by atoms with Gasteiger partial charge in [0.25, 0.3) is 0 Å². The van der Waals surface area contributed by atoms with E-state index in [0.29, 0.717) is 5.88 Å². The molecule has 0 aliphatic carbocycles. The quantitative estimate of drug-likeness (QED) is 0.745. The predicted octanol–water partition coefficient (Wildman–Crippen LogP) is 2.16. The highest BCUT2D eigenvalue weighted by molar-refractivity contribution is 7.99. The number of hydrogen-bond acceptors (Lipinski definition) is 4. The minimum Gasteiger partial charge on any atom is -0.354 e. The van der Waals surface area contributed by atoms with Crippen LogP contribution in [0.3, 0.4) is 0 Å². The van der Waals surface area contributed by atoms with Crippen molar-refractivity contribution >= 4 is 29.2 Å². The summed E-state index contributed by atoms with van der Waals surface area (Å²) in [5.74, 6) is 3.82. The fourth-order valence-corrected chi connectivity index (χ4v) is 2.60. The van der Waals surface area contributed by atoms with Crippen LogP contribution in [0.25, 0.3) is 0 Å². The van der Waals surface area contributed by atoms with E-state index in [0.717, 1.165) is 24.6 Å². The molecule has 0 amide bonds. The zero-order valence-corrected chi connectivity index (χ0v) is 10.1. The summed E-state index contributed by atoms with van der Waals surface area (Å²) in [7, 11) is 0. The zero-order valence-electron chi connectivity index (χ0n) is 8.53. The molecule has 82 valence electrons. The molecule has 3 nitrogen and oxygen atoms in total. The lowest BCUT2D eigenvalue weighted by Crippen LogP contribution is -2.26. The van der Waals surface area contributed by atoms with E-state index in [1.54, 1.807) is 6.20 Å². The van der Waals surface area contributed by atoms with E-state index in [-0.39, 0.29) is 0 Å². The summed E-state index contributed by atoms with van der Waals surface area (Å²) in [6.45, 7) is 2.14. The van der Waals surface area contributed by atoms with Crippen LogP contribution in [-0.4, -0.2) is 34.6 Å². The molecule has 2 heterocycles. The van der Waals surface area contributed by atoms with Crippen molar-refractivity contribution in [2.24, 2.45) is 0 Å². The van der Waals surface area contributed by atoms with Crippen LogP contribution >= 0.6 is 23.4 Å². The van der Waals surface area contributed by atoms with Crippen LogP contribution in [0.15, 0.2) is 12.4 Å². The summed E-state index contributed by atoms with van der Waals surface area (Å²) in [4.78, 5) is 10.9. The molecule has 1 aliphatic rings. The smallest absolute Gasteiger partial charge is 0.147 e. The Morgan fingerprint density at radius 1 is 1.33 bits per heavy atom. The lowest BCUT2D eigenvalue weighted by atomic mass is 10.4. The highest BCUT2D eigenvalue weighted by atomic mass is 35.5. The second kappa shape index (κ2) is 5.56.